The Balaban J connectivity index is 1.65. The fourth-order valence-electron chi connectivity index (χ4n) is 7.59. The number of aliphatic hydroxyl groups excluding tert-OH is 1. The van der Waals surface area contributed by atoms with Crippen molar-refractivity contribution in [2.24, 2.45) is 0 Å². The molecule has 3 atom stereocenters. The first-order chi connectivity index (χ1) is 23.9. The Morgan fingerprint density at radius 2 is 1.66 bits per heavy atom. The van der Waals surface area contributed by atoms with E-state index in [0.717, 1.165) is 50.0 Å². The Bertz CT molecular complexity index is 1900. The molecule has 2 fully saturated rings. The van der Waals surface area contributed by atoms with E-state index in [1.165, 1.54) is 55.4 Å². The van der Waals surface area contributed by atoms with Crippen LogP contribution >= 0.6 is 0 Å². The summed E-state index contributed by atoms with van der Waals surface area (Å²) >= 11 is 0. The van der Waals surface area contributed by atoms with E-state index in [4.69, 9.17) is 14.2 Å². The van der Waals surface area contributed by atoms with Crippen LogP contribution in [0.15, 0.2) is 59.5 Å². The third-order valence-corrected chi connectivity index (χ3v) is 11.6. The molecule has 3 aliphatic heterocycles. The Morgan fingerprint density at radius 1 is 0.940 bits per heavy atom. The number of piperidine rings is 1. The number of aliphatic hydroxyl groups is 1. The number of carbonyl (C=O) groups is 2. The highest BCUT2D eigenvalue weighted by atomic mass is 32.2. The summed E-state index contributed by atoms with van der Waals surface area (Å²) in [7, 11) is 2.52. The summed E-state index contributed by atoms with van der Waals surface area (Å²) in [6, 6.07) is 11.9. The number of hydrogen-bond donors (Lipinski definition) is 1. The molecule has 3 aromatic carbocycles. The van der Waals surface area contributed by atoms with E-state index in [-0.39, 0.29) is 46.2 Å². The Kier molecular flexibility index (Phi) is 9.83. The van der Waals surface area contributed by atoms with Gasteiger partial charge in [0.15, 0.2) is 5.54 Å². The molecular weight excluding hydrogens is 667 g/mol. The second kappa shape index (κ2) is 13.8. The minimum Gasteiger partial charge on any atom is -0.497 e. The molecule has 0 aromatic heterocycles. The number of methoxy groups -OCH3 is 3. The second-order valence-electron chi connectivity index (χ2n) is 13.1. The number of nitrogens with zero attached hydrogens (tertiary/aromatic N) is 4. The number of likely N-dealkylation sites (N-methyl/N-ethyl adjacent to an activating group) is 1. The maximum Gasteiger partial charge on any atom is 0.274 e. The van der Waals surface area contributed by atoms with Crippen LogP contribution in [-0.4, -0.2) is 107 Å². The SMILES string of the molecule is COc1ccc(S(=O)(=O)N2C(=O)C(c3cc(CN4CCCCC4)ccc3OC)(N3C[C@H](O)C[C@H]3C(=O)N(C)C)c3cc(F)ccc32)c(OC)c1. The molecule has 268 valence electrons. The first kappa shape index (κ1) is 35.6. The van der Waals surface area contributed by atoms with E-state index in [9.17, 15) is 18.3 Å². The third kappa shape index (κ3) is 5.87. The lowest BCUT2D eigenvalue weighted by Gasteiger charge is -2.42. The van der Waals surface area contributed by atoms with Crippen molar-refractivity contribution in [1.29, 1.82) is 0 Å². The molecule has 50 heavy (non-hydrogen) atoms. The normalized spacial score (nSPS) is 22.8. The molecule has 3 aromatic rings. The Labute approximate surface area is 292 Å². The Hall–Kier alpha value is -4.24. The summed E-state index contributed by atoms with van der Waals surface area (Å²) < 4.78 is 62.3. The average molecular weight is 711 g/mol. The first-order valence-electron chi connectivity index (χ1n) is 16.6. The minimum absolute atomic E-state index is 0.00219. The van der Waals surface area contributed by atoms with Gasteiger partial charge in [0.2, 0.25) is 5.91 Å². The molecule has 0 bridgehead atoms. The molecule has 0 saturated carbocycles. The van der Waals surface area contributed by atoms with Crippen LogP contribution in [0.25, 0.3) is 0 Å². The standard InChI is InChI=1S/C36H43FN4O8S/c1-38(2)34(43)30-19-25(42)22-40(30)36(28-17-23(9-13-31(28)48-4)21-39-15-7-6-8-16-39)27-18-24(37)10-12-29(27)41(35(36)44)50(45,46)33-14-11-26(47-3)20-32(33)49-5/h9-14,17-18,20,25,30,42H,6-8,15-16,19,21-22H2,1-5H3/t25-,30+,36?/m1/s1. The minimum atomic E-state index is -4.76. The molecule has 0 radical (unpaired) electrons. The molecule has 2 amide bonds. The summed E-state index contributed by atoms with van der Waals surface area (Å²) in [5, 5.41) is 11.1. The van der Waals surface area contributed by atoms with Gasteiger partial charge in [-0.2, -0.15) is 0 Å². The fraction of sp³-hybridized carbons (Fsp3) is 0.444. The molecule has 14 heteroatoms. The predicted octanol–water partition coefficient (Wildman–Crippen LogP) is 3.34. The van der Waals surface area contributed by atoms with Crippen LogP contribution in [0.1, 0.15) is 42.4 Å². The van der Waals surface area contributed by atoms with E-state index < -0.39 is 45.3 Å². The number of fused-ring (bicyclic) bond motifs is 1. The number of carbonyl (C=O) groups excluding carboxylic acids is 2. The van der Waals surface area contributed by atoms with Gasteiger partial charge in [-0.15, -0.1) is 0 Å². The largest absolute Gasteiger partial charge is 0.497 e. The lowest BCUT2D eigenvalue weighted by Crippen LogP contribution is -2.59. The van der Waals surface area contributed by atoms with Gasteiger partial charge in [-0.3, -0.25) is 19.4 Å². The topological polar surface area (TPSA) is 129 Å². The maximum absolute atomic E-state index is 15.6. The van der Waals surface area contributed by atoms with Crippen LogP contribution in [0.4, 0.5) is 10.1 Å². The number of amides is 2. The summed E-state index contributed by atoms with van der Waals surface area (Å²) in [6.07, 6.45) is 2.16. The number of anilines is 1. The molecule has 0 aliphatic carbocycles. The number of β-amino-alcohol motifs (C(OH)–C–C–N with tert-alkyl or cyclic N) is 1. The van der Waals surface area contributed by atoms with Crippen molar-refractivity contribution in [3.63, 3.8) is 0 Å². The molecular formula is C36H43FN4O8S. The molecule has 1 N–H and O–H groups in total. The van der Waals surface area contributed by atoms with Crippen molar-refractivity contribution in [3.05, 3.63) is 77.1 Å². The van der Waals surface area contributed by atoms with Gasteiger partial charge < -0.3 is 24.2 Å². The van der Waals surface area contributed by atoms with Gasteiger partial charge in [0.1, 0.15) is 28.0 Å². The fourth-order valence-corrected chi connectivity index (χ4v) is 9.19. The smallest absolute Gasteiger partial charge is 0.274 e. The summed E-state index contributed by atoms with van der Waals surface area (Å²) in [4.78, 5) is 34.3. The third-order valence-electron chi connectivity index (χ3n) is 9.89. The lowest BCUT2D eigenvalue weighted by atomic mass is 9.80. The van der Waals surface area contributed by atoms with Crippen molar-refractivity contribution in [2.75, 3.05) is 59.4 Å². The van der Waals surface area contributed by atoms with Gasteiger partial charge in [-0.05, 0) is 80.4 Å². The number of rotatable bonds is 10. The predicted molar refractivity (Wildman–Crippen MR) is 183 cm³/mol. The molecule has 12 nitrogen and oxygen atoms in total. The molecule has 3 aliphatic rings. The highest BCUT2D eigenvalue weighted by molar-refractivity contribution is 7.93. The van der Waals surface area contributed by atoms with Gasteiger partial charge in [0.05, 0.1) is 39.2 Å². The van der Waals surface area contributed by atoms with Gasteiger partial charge in [-0.25, -0.2) is 17.1 Å². The zero-order valence-electron chi connectivity index (χ0n) is 28.9. The molecule has 1 unspecified atom stereocenters. The quantitative estimate of drug-likeness (QED) is 0.335. The van der Waals surface area contributed by atoms with Crippen molar-refractivity contribution in [3.8, 4) is 17.2 Å². The van der Waals surface area contributed by atoms with Crippen LogP contribution in [0.5, 0.6) is 17.2 Å². The van der Waals surface area contributed by atoms with Gasteiger partial charge in [0, 0.05) is 44.4 Å². The number of sulfonamides is 1. The van der Waals surface area contributed by atoms with Crippen molar-refractivity contribution < 1.29 is 41.7 Å². The van der Waals surface area contributed by atoms with E-state index >= 15 is 9.18 Å². The number of ether oxygens (including phenoxy) is 3. The molecule has 2 saturated heterocycles. The van der Waals surface area contributed by atoms with Crippen molar-refractivity contribution in [2.45, 2.75) is 54.8 Å². The lowest BCUT2D eigenvalue weighted by molar-refractivity contribution is -0.138. The van der Waals surface area contributed by atoms with Crippen LogP contribution in [0, 0.1) is 5.82 Å². The Morgan fingerprint density at radius 3 is 2.32 bits per heavy atom. The number of hydrogen-bond acceptors (Lipinski definition) is 10. The summed E-state index contributed by atoms with van der Waals surface area (Å²) in [5.74, 6) is -1.62. The monoisotopic (exact) mass is 710 g/mol. The van der Waals surface area contributed by atoms with E-state index in [1.54, 1.807) is 26.2 Å². The highest BCUT2D eigenvalue weighted by Crippen LogP contribution is 2.55. The average Bonchev–Trinajstić information content (AvgIpc) is 3.62. The van der Waals surface area contributed by atoms with E-state index in [0.29, 0.717) is 16.6 Å². The maximum atomic E-state index is 15.6. The van der Waals surface area contributed by atoms with Crippen molar-refractivity contribution in [1.82, 2.24) is 14.7 Å². The molecule has 0 spiro atoms. The highest BCUT2D eigenvalue weighted by Gasteiger charge is 2.64. The van der Waals surface area contributed by atoms with Crippen LogP contribution in [0.3, 0.4) is 0 Å². The number of benzene rings is 3. The number of likely N-dealkylation sites (tertiary alicyclic amines) is 2. The van der Waals surface area contributed by atoms with Gasteiger partial charge >= 0.3 is 0 Å². The first-order valence-corrected chi connectivity index (χ1v) is 18.0. The molecule has 3 heterocycles. The summed E-state index contributed by atoms with van der Waals surface area (Å²) in [6.45, 7) is 2.15. The second-order valence-corrected chi connectivity index (χ2v) is 14.9. The zero-order chi connectivity index (χ0) is 36.0. The molecule has 6 rings (SSSR count). The van der Waals surface area contributed by atoms with E-state index in [2.05, 4.69) is 4.90 Å². The van der Waals surface area contributed by atoms with Crippen LogP contribution in [-0.2, 0) is 31.7 Å². The van der Waals surface area contributed by atoms with Crippen molar-refractivity contribution >= 4 is 27.5 Å². The summed E-state index contributed by atoms with van der Waals surface area (Å²) in [5.41, 5.74) is -1.17. The van der Waals surface area contributed by atoms with Crippen LogP contribution < -0.4 is 18.5 Å². The van der Waals surface area contributed by atoms with Gasteiger partial charge in [-0.1, -0.05) is 12.5 Å². The number of halogens is 1. The van der Waals surface area contributed by atoms with Gasteiger partial charge in [0.25, 0.3) is 15.9 Å². The van der Waals surface area contributed by atoms with Crippen LogP contribution in [0.2, 0.25) is 0 Å². The van der Waals surface area contributed by atoms with E-state index in [1.807, 2.05) is 6.07 Å². The zero-order valence-corrected chi connectivity index (χ0v) is 29.7.